The molecule has 0 N–H and O–H groups in total. The van der Waals surface area contributed by atoms with Gasteiger partial charge in [-0.05, 0) is 20.3 Å². The van der Waals surface area contributed by atoms with Crippen LogP contribution in [0.4, 0.5) is 13.2 Å². The highest BCUT2D eigenvalue weighted by Crippen LogP contribution is 2.36. The molecule has 3 rings (SSSR count). The van der Waals surface area contributed by atoms with E-state index < -0.39 is 36.6 Å². The molecular weight excluding hydrogens is 273 g/mol. The fourth-order valence-corrected chi connectivity index (χ4v) is 2.69. The Labute approximate surface area is 113 Å². The van der Waals surface area contributed by atoms with Crippen LogP contribution in [0.5, 0.6) is 0 Å². The number of carbonyl (C=O) groups excluding carboxylic acids is 1. The van der Waals surface area contributed by atoms with E-state index >= 15 is 0 Å². The van der Waals surface area contributed by atoms with Crippen molar-refractivity contribution in [3.63, 3.8) is 0 Å². The molecule has 3 heterocycles. The van der Waals surface area contributed by atoms with Crippen molar-refractivity contribution in [2.75, 3.05) is 13.1 Å². The summed E-state index contributed by atoms with van der Waals surface area (Å²) < 4.78 is 41.0. The Morgan fingerprint density at radius 1 is 1.40 bits per heavy atom. The molecule has 1 amide bonds. The van der Waals surface area contributed by atoms with E-state index in [1.165, 1.54) is 18.5 Å². The number of alkyl halides is 3. The Morgan fingerprint density at radius 3 is 2.60 bits per heavy atom. The molecule has 20 heavy (non-hydrogen) atoms. The molecule has 1 atom stereocenters. The van der Waals surface area contributed by atoms with Crippen LogP contribution in [0.2, 0.25) is 0 Å². The van der Waals surface area contributed by atoms with Crippen molar-refractivity contribution >= 4 is 5.91 Å². The minimum Gasteiger partial charge on any atom is -0.324 e. The summed E-state index contributed by atoms with van der Waals surface area (Å²) in [5.74, 6) is -3.02. The molecule has 0 saturated carbocycles. The van der Waals surface area contributed by atoms with Crippen LogP contribution in [0, 0.1) is 0 Å². The highest BCUT2D eigenvalue weighted by atomic mass is 19.3. The van der Waals surface area contributed by atoms with E-state index in [0.29, 0.717) is 18.7 Å². The lowest BCUT2D eigenvalue weighted by atomic mass is 9.99. The Hall–Kier alpha value is -1.60. The summed E-state index contributed by atoms with van der Waals surface area (Å²) in [6.45, 7) is 1.69. The van der Waals surface area contributed by atoms with Crippen LogP contribution in [0.25, 0.3) is 0 Å². The van der Waals surface area contributed by atoms with Crippen LogP contribution in [0.15, 0.2) is 0 Å². The van der Waals surface area contributed by atoms with E-state index in [4.69, 9.17) is 0 Å². The molecule has 1 saturated heterocycles. The van der Waals surface area contributed by atoms with Crippen molar-refractivity contribution < 1.29 is 18.0 Å². The summed E-state index contributed by atoms with van der Waals surface area (Å²) >= 11 is 0. The molecule has 8 heteroatoms. The van der Waals surface area contributed by atoms with E-state index in [2.05, 4.69) is 10.1 Å². The second-order valence-corrected chi connectivity index (χ2v) is 5.93. The molecule has 2 aliphatic rings. The molecule has 1 unspecified atom stereocenters. The van der Waals surface area contributed by atoms with E-state index in [1.54, 1.807) is 0 Å². The molecule has 1 fully saturated rings. The number of carbonyl (C=O) groups is 1. The first-order valence-electron chi connectivity index (χ1n) is 6.49. The van der Waals surface area contributed by atoms with Crippen LogP contribution in [-0.4, -0.2) is 50.3 Å². The number of rotatable bonds is 2. The second kappa shape index (κ2) is 3.95. The van der Waals surface area contributed by atoms with Gasteiger partial charge in [-0.2, -0.15) is 0 Å². The van der Waals surface area contributed by atoms with E-state index in [1.807, 2.05) is 0 Å². The predicted molar refractivity (Wildman–Crippen MR) is 63.4 cm³/mol. The molecule has 1 aromatic heterocycles. The number of aryl methyl sites for hydroxylation is 1. The summed E-state index contributed by atoms with van der Waals surface area (Å²) in [5.41, 5.74) is -1.47. The number of nitrogens with zero attached hydrogens (tertiary/aromatic N) is 4. The van der Waals surface area contributed by atoms with Crippen LogP contribution >= 0.6 is 0 Å². The maximum atomic E-state index is 14.0. The Balaban J connectivity index is 1.80. The van der Waals surface area contributed by atoms with Gasteiger partial charge in [-0.25, -0.2) is 22.8 Å². The monoisotopic (exact) mass is 288 g/mol. The van der Waals surface area contributed by atoms with E-state index in [9.17, 15) is 18.0 Å². The lowest BCUT2D eigenvalue weighted by Crippen LogP contribution is -2.58. The first-order chi connectivity index (χ1) is 9.17. The predicted octanol–water partition coefficient (Wildman–Crippen LogP) is 1.60. The van der Waals surface area contributed by atoms with E-state index in [0.717, 1.165) is 4.90 Å². The fraction of sp³-hybridized carbons (Fsp3) is 0.750. The molecule has 0 aliphatic carbocycles. The van der Waals surface area contributed by atoms with Crippen LogP contribution in [-0.2, 0) is 6.42 Å². The van der Waals surface area contributed by atoms with Gasteiger partial charge < -0.3 is 4.90 Å². The van der Waals surface area contributed by atoms with Crippen molar-refractivity contribution in [3.05, 3.63) is 11.6 Å². The Morgan fingerprint density at radius 2 is 2.05 bits per heavy atom. The number of likely N-dealkylation sites (tertiary alicyclic amines) is 1. The SMILES string of the molecule is CC(C)(F)C1CCc2nc(C(=O)N3CC(F)(F)C3)nn21. The normalized spacial score (nSPS) is 24.4. The lowest BCUT2D eigenvalue weighted by molar-refractivity contribution is -0.113. The van der Waals surface area contributed by atoms with E-state index in [-0.39, 0.29) is 5.82 Å². The van der Waals surface area contributed by atoms with Gasteiger partial charge in [0.15, 0.2) is 0 Å². The number of hydrogen-bond acceptors (Lipinski definition) is 3. The molecule has 0 bridgehead atoms. The van der Waals surface area contributed by atoms with Gasteiger partial charge in [0.1, 0.15) is 11.5 Å². The average Bonchev–Trinajstić information content (AvgIpc) is 2.81. The zero-order valence-electron chi connectivity index (χ0n) is 11.2. The quantitative estimate of drug-likeness (QED) is 0.830. The highest BCUT2D eigenvalue weighted by molar-refractivity contribution is 5.91. The van der Waals surface area contributed by atoms with Crippen molar-refractivity contribution in [1.29, 1.82) is 0 Å². The summed E-state index contributed by atoms with van der Waals surface area (Å²) in [4.78, 5) is 17.0. The molecular formula is C12H15F3N4O. The van der Waals surface area contributed by atoms with Crippen molar-refractivity contribution in [2.24, 2.45) is 0 Å². The second-order valence-electron chi connectivity index (χ2n) is 5.93. The highest BCUT2D eigenvalue weighted by Gasteiger charge is 2.48. The van der Waals surface area contributed by atoms with Crippen molar-refractivity contribution in [3.8, 4) is 0 Å². The molecule has 0 aromatic carbocycles. The topological polar surface area (TPSA) is 51.0 Å². The average molecular weight is 288 g/mol. The Kier molecular flexibility index (Phi) is 2.65. The van der Waals surface area contributed by atoms with Crippen LogP contribution < -0.4 is 0 Å². The number of fused-ring (bicyclic) bond motifs is 1. The molecule has 2 aliphatic heterocycles. The number of halogens is 3. The Bertz CT molecular complexity index is 556. The minimum absolute atomic E-state index is 0.121. The molecule has 1 aromatic rings. The minimum atomic E-state index is -2.82. The number of amides is 1. The van der Waals surface area contributed by atoms with Gasteiger partial charge in [0.2, 0.25) is 5.82 Å². The third-order valence-corrected chi connectivity index (χ3v) is 3.75. The standard InChI is InChI=1S/C12H15F3N4O/c1-11(2,13)7-3-4-8-16-9(17-19(7)8)10(20)18-5-12(14,15)6-18/h7H,3-6H2,1-2H3. The van der Waals surface area contributed by atoms with Gasteiger partial charge in [0.25, 0.3) is 11.8 Å². The number of aromatic nitrogens is 3. The van der Waals surface area contributed by atoms with Gasteiger partial charge >= 0.3 is 0 Å². The lowest BCUT2D eigenvalue weighted by Gasteiger charge is -2.37. The molecule has 110 valence electrons. The maximum absolute atomic E-state index is 14.0. The zero-order valence-corrected chi connectivity index (χ0v) is 11.2. The smallest absolute Gasteiger partial charge is 0.293 e. The zero-order chi connectivity index (χ0) is 14.7. The summed E-state index contributed by atoms with van der Waals surface area (Å²) in [5, 5.41) is 4.02. The number of hydrogen-bond donors (Lipinski definition) is 0. The molecule has 5 nitrogen and oxygen atoms in total. The van der Waals surface area contributed by atoms with Gasteiger partial charge in [-0.1, -0.05) is 0 Å². The summed E-state index contributed by atoms with van der Waals surface area (Å²) in [6, 6.07) is -0.468. The van der Waals surface area contributed by atoms with Gasteiger partial charge in [-0.3, -0.25) is 4.79 Å². The fourth-order valence-electron chi connectivity index (χ4n) is 2.69. The first kappa shape index (κ1) is 13.4. The van der Waals surface area contributed by atoms with Crippen LogP contribution in [0.3, 0.4) is 0 Å². The third kappa shape index (κ3) is 2.06. The maximum Gasteiger partial charge on any atom is 0.293 e. The van der Waals surface area contributed by atoms with Crippen LogP contribution in [0.1, 0.15) is 42.8 Å². The van der Waals surface area contributed by atoms with Crippen molar-refractivity contribution in [1.82, 2.24) is 19.7 Å². The summed E-state index contributed by atoms with van der Waals surface area (Å²) in [7, 11) is 0. The van der Waals surface area contributed by atoms with Crippen molar-refractivity contribution in [2.45, 2.75) is 44.3 Å². The first-order valence-corrected chi connectivity index (χ1v) is 6.49. The molecule has 0 radical (unpaired) electrons. The van der Waals surface area contributed by atoms with Gasteiger partial charge in [-0.15, -0.1) is 5.10 Å². The van der Waals surface area contributed by atoms with Gasteiger partial charge in [0, 0.05) is 6.42 Å². The summed E-state index contributed by atoms with van der Waals surface area (Å²) in [6.07, 6.45) is 1.11. The molecule has 0 spiro atoms. The van der Waals surface area contributed by atoms with Gasteiger partial charge in [0.05, 0.1) is 19.1 Å². The largest absolute Gasteiger partial charge is 0.324 e. The third-order valence-electron chi connectivity index (χ3n) is 3.75.